The van der Waals surface area contributed by atoms with Gasteiger partial charge in [0.05, 0.1) is 53.9 Å². The van der Waals surface area contributed by atoms with Crippen molar-refractivity contribution in [3.63, 3.8) is 0 Å². The van der Waals surface area contributed by atoms with Crippen LogP contribution in [0.5, 0.6) is 11.5 Å². The monoisotopic (exact) mass is 458 g/mol. The predicted molar refractivity (Wildman–Crippen MR) is 129 cm³/mol. The van der Waals surface area contributed by atoms with Crippen molar-refractivity contribution in [2.45, 2.75) is 13.1 Å². The van der Waals surface area contributed by atoms with E-state index in [1.807, 2.05) is 24.3 Å². The third-order valence-electron chi connectivity index (χ3n) is 5.71. The lowest BCUT2D eigenvalue weighted by Crippen LogP contribution is -2.32. The van der Waals surface area contributed by atoms with Gasteiger partial charge < -0.3 is 23.7 Å². The van der Waals surface area contributed by atoms with Crippen LogP contribution in [0, 0.1) is 0 Å². The molecule has 1 heterocycles. The van der Waals surface area contributed by atoms with Crippen LogP contribution in [0.3, 0.4) is 0 Å². The van der Waals surface area contributed by atoms with Crippen molar-refractivity contribution < 1.29 is 23.7 Å². The van der Waals surface area contributed by atoms with E-state index in [4.69, 9.17) is 23.7 Å². The van der Waals surface area contributed by atoms with Gasteiger partial charge in [0.1, 0.15) is 11.5 Å². The lowest BCUT2D eigenvalue weighted by atomic mass is 10.2. The molecule has 0 saturated carbocycles. The summed E-state index contributed by atoms with van der Waals surface area (Å²) in [4.78, 5) is 4.74. The summed E-state index contributed by atoms with van der Waals surface area (Å²) in [6, 6.07) is 16.5. The highest BCUT2D eigenvalue weighted by Crippen LogP contribution is 2.14. The summed E-state index contributed by atoms with van der Waals surface area (Å²) in [5, 5.41) is 0. The minimum absolute atomic E-state index is 0.616. The van der Waals surface area contributed by atoms with Gasteiger partial charge in [-0.05, 0) is 35.4 Å². The fourth-order valence-corrected chi connectivity index (χ4v) is 3.72. The summed E-state index contributed by atoms with van der Waals surface area (Å²) >= 11 is 0. The summed E-state index contributed by atoms with van der Waals surface area (Å²) in [5.41, 5.74) is 2.51. The third-order valence-corrected chi connectivity index (χ3v) is 5.71. The van der Waals surface area contributed by atoms with E-state index >= 15 is 0 Å². The van der Waals surface area contributed by atoms with E-state index in [1.54, 1.807) is 14.2 Å². The van der Waals surface area contributed by atoms with Crippen LogP contribution in [0.15, 0.2) is 48.5 Å². The maximum absolute atomic E-state index is 6.01. The van der Waals surface area contributed by atoms with E-state index in [0.717, 1.165) is 50.8 Å². The highest BCUT2D eigenvalue weighted by atomic mass is 16.5. The molecule has 3 rings (SSSR count). The first kappa shape index (κ1) is 25.5. The molecule has 2 aromatic carbocycles. The van der Waals surface area contributed by atoms with Crippen LogP contribution >= 0.6 is 0 Å². The van der Waals surface area contributed by atoms with Crippen LogP contribution in [0.1, 0.15) is 11.1 Å². The molecule has 1 fully saturated rings. The van der Waals surface area contributed by atoms with Gasteiger partial charge in [0.2, 0.25) is 0 Å². The zero-order valence-electron chi connectivity index (χ0n) is 20.0. The minimum atomic E-state index is 0.616. The van der Waals surface area contributed by atoms with Gasteiger partial charge >= 0.3 is 0 Å². The summed E-state index contributed by atoms with van der Waals surface area (Å²) < 4.78 is 28.2. The molecule has 0 spiro atoms. The molecule has 0 aliphatic carbocycles. The quantitative estimate of drug-likeness (QED) is 0.659. The first-order valence-electron chi connectivity index (χ1n) is 11.7. The highest BCUT2D eigenvalue weighted by molar-refractivity contribution is 5.27. The van der Waals surface area contributed by atoms with Crippen LogP contribution in [0.2, 0.25) is 0 Å². The second-order valence-electron chi connectivity index (χ2n) is 8.09. The van der Waals surface area contributed by atoms with Crippen molar-refractivity contribution in [3.05, 3.63) is 59.7 Å². The van der Waals surface area contributed by atoms with Crippen LogP contribution in [0.4, 0.5) is 0 Å². The molecule has 0 aromatic heterocycles. The second-order valence-corrected chi connectivity index (χ2v) is 8.09. The molecule has 1 saturated heterocycles. The SMILES string of the molecule is COc1ccc(CN2CCOCCOCCN(Cc3ccc(OC)cc3)CCOCC2)cc1. The molecule has 182 valence electrons. The summed E-state index contributed by atoms with van der Waals surface area (Å²) in [5.74, 6) is 1.75. The summed E-state index contributed by atoms with van der Waals surface area (Å²) in [6.45, 7) is 9.16. The molecule has 7 heteroatoms. The minimum Gasteiger partial charge on any atom is -0.497 e. The Morgan fingerprint density at radius 2 is 0.879 bits per heavy atom. The van der Waals surface area contributed by atoms with Crippen LogP contribution in [-0.2, 0) is 27.3 Å². The van der Waals surface area contributed by atoms with E-state index in [2.05, 4.69) is 34.1 Å². The van der Waals surface area contributed by atoms with Gasteiger partial charge in [-0.2, -0.15) is 0 Å². The van der Waals surface area contributed by atoms with Crippen molar-refractivity contribution in [2.75, 3.05) is 80.0 Å². The van der Waals surface area contributed by atoms with Crippen molar-refractivity contribution in [1.29, 1.82) is 0 Å². The Hall–Kier alpha value is -2.16. The van der Waals surface area contributed by atoms with Gasteiger partial charge in [0, 0.05) is 39.3 Å². The third kappa shape index (κ3) is 9.70. The fourth-order valence-electron chi connectivity index (χ4n) is 3.72. The molecule has 1 aliphatic rings. The molecule has 0 radical (unpaired) electrons. The number of benzene rings is 2. The molecule has 0 amide bonds. The average Bonchev–Trinajstić information content (AvgIpc) is 2.86. The van der Waals surface area contributed by atoms with E-state index in [1.165, 1.54) is 11.1 Å². The molecule has 1 aliphatic heterocycles. The molecule has 0 atom stereocenters. The van der Waals surface area contributed by atoms with Gasteiger partial charge in [-0.3, -0.25) is 9.80 Å². The summed E-state index contributed by atoms with van der Waals surface area (Å²) in [7, 11) is 3.38. The van der Waals surface area contributed by atoms with Crippen molar-refractivity contribution in [2.24, 2.45) is 0 Å². The van der Waals surface area contributed by atoms with E-state index in [-0.39, 0.29) is 0 Å². The number of ether oxygens (including phenoxy) is 5. The van der Waals surface area contributed by atoms with Crippen molar-refractivity contribution in [1.82, 2.24) is 9.80 Å². The second kappa shape index (κ2) is 14.9. The number of methoxy groups -OCH3 is 2. The zero-order valence-corrected chi connectivity index (χ0v) is 20.0. The maximum atomic E-state index is 6.01. The average molecular weight is 459 g/mol. The predicted octanol–water partition coefficient (Wildman–Crippen LogP) is 3.07. The molecular formula is C26H38N2O5. The normalized spacial score (nSPS) is 18.2. The Labute approximate surface area is 198 Å². The van der Waals surface area contributed by atoms with Gasteiger partial charge in [0.25, 0.3) is 0 Å². The Morgan fingerprint density at radius 1 is 0.545 bits per heavy atom. The molecule has 7 nitrogen and oxygen atoms in total. The lowest BCUT2D eigenvalue weighted by Gasteiger charge is -2.24. The van der Waals surface area contributed by atoms with Gasteiger partial charge in [-0.15, -0.1) is 0 Å². The van der Waals surface area contributed by atoms with Crippen molar-refractivity contribution >= 4 is 0 Å². The largest absolute Gasteiger partial charge is 0.497 e. The number of nitrogens with zero attached hydrogens (tertiary/aromatic N) is 2. The standard InChI is InChI=1S/C26H38N2O5/c1-29-25-7-3-23(4-8-25)21-27-11-15-31-16-12-28(14-18-33-20-19-32-17-13-27)22-24-5-9-26(30-2)10-6-24/h3-10H,11-22H2,1-2H3. The lowest BCUT2D eigenvalue weighted by molar-refractivity contribution is 0.0311. The number of rotatable bonds is 6. The van der Waals surface area contributed by atoms with Crippen molar-refractivity contribution in [3.8, 4) is 11.5 Å². The zero-order chi connectivity index (χ0) is 23.1. The highest BCUT2D eigenvalue weighted by Gasteiger charge is 2.10. The van der Waals surface area contributed by atoms with E-state index < -0.39 is 0 Å². The maximum Gasteiger partial charge on any atom is 0.118 e. The van der Waals surface area contributed by atoms with E-state index in [9.17, 15) is 0 Å². The first-order chi connectivity index (χ1) is 16.3. The molecular weight excluding hydrogens is 420 g/mol. The smallest absolute Gasteiger partial charge is 0.118 e. The van der Waals surface area contributed by atoms with Crippen LogP contribution in [0.25, 0.3) is 0 Å². The fraction of sp³-hybridized carbons (Fsp3) is 0.538. The molecule has 33 heavy (non-hydrogen) atoms. The summed E-state index contributed by atoms with van der Waals surface area (Å²) in [6.07, 6.45) is 0. The number of hydrogen-bond donors (Lipinski definition) is 0. The molecule has 2 aromatic rings. The Bertz CT molecular complexity index is 704. The Kier molecular flexibility index (Phi) is 11.5. The van der Waals surface area contributed by atoms with Crippen LogP contribution < -0.4 is 9.47 Å². The molecule has 0 bridgehead atoms. The van der Waals surface area contributed by atoms with Gasteiger partial charge in [0.15, 0.2) is 0 Å². The van der Waals surface area contributed by atoms with E-state index in [0.29, 0.717) is 39.6 Å². The van der Waals surface area contributed by atoms with Gasteiger partial charge in [-0.1, -0.05) is 24.3 Å². The Morgan fingerprint density at radius 3 is 1.21 bits per heavy atom. The topological polar surface area (TPSA) is 52.6 Å². The van der Waals surface area contributed by atoms with Crippen LogP contribution in [-0.4, -0.2) is 89.8 Å². The Balaban J connectivity index is 1.50. The molecule has 0 unspecified atom stereocenters. The van der Waals surface area contributed by atoms with Gasteiger partial charge in [-0.25, -0.2) is 0 Å². The molecule has 0 N–H and O–H groups in total. The first-order valence-corrected chi connectivity index (χ1v) is 11.7. The number of hydrogen-bond acceptors (Lipinski definition) is 7.